The van der Waals surface area contributed by atoms with Crippen LogP contribution >= 0.6 is 0 Å². The van der Waals surface area contributed by atoms with Gasteiger partial charge in [0.2, 0.25) is 5.75 Å². The Balaban J connectivity index is 1.57. The zero-order chi connectivity index (χ0) is 25.0. The fraction of sp³-hybridized carbons (Fsp3) is 0.240. The van der Waals surface area contributed by atoms with Gasteiger partial charge in [0.15, 0.2) is 11.5 Å². The van der Waals surface area contributed by atoms with Gasteiger partial charge in [-0.3, -0.25) is 4.31 Å². The Morgan fingerprint density at radius 2 is 1.51 bits per heavy atom. The van der Waals surface area contributed by atoms with E-state index in [9.17, 15) is 13.2 Å². The molecule has 2 N–H and O–H groups in total. The summed E-state index contributed by atoms with van der Waals surface area (Å²) in [6, 6.07) is 16.3. The topological polar surface area (TPSA) is 106 Å². The largest absolute Gasteiger partial charge is 0.493 e. The summed E-state index contributed by atoms with van der Waals surface area (Å²) in [5.41, 5.74) is 2.36. The van der Waals surface area contributed by atoms with Crippen molar-refractivity contribution in [2.45, 2.75) is 17.7 Å². The summed E-state index contributed by atoms with van der Waals surface area (Å²) >= 11 is 0. The van der Waals surface area contributed by atoms with Gasteiger partial charge in [-0.25, -0.2) is 13.2 Å². The molecule has 0 bridgehead atoms. The number of hydrogen-bond acceptors (Lipinski definition) is 6. The van der Waals surface area contributed by atoms with Gasteiger partial charge in [0.05, 0.1) is 37.6 Å². The van der Waals surface area contributed by atoms with E-state index < -0.39 is 16.1 Å². The van der Waals surface area contributed by atoms with Crippen LogP contribution in [0.25, 0.3) is 0 Å². The number of sulfonamides is 1. The minimum atomic E-state index is -3.73. The second kappa shape index (κ2) is 10.1. The summed E-state index contributed by atoms with van der Waals surface area (Å²) in [4.78, 5) is 13.0. The first-order valence-corrected chi connectivity index (χ1v) is 12.4. The number of carbonyl (C=O) groups excluding carboxylic acids is 1. The standard InChI is InChI=1S/C25H27N3O6S/c1-32-22-15-19(16-23(33-2)24(22)34-3)27-25(29)26-18-12-11-17-8-7-13-28(21(17)14-18)35(30,31)20-9-5-4-6-10-20/h4-6,9-12,14-16H,7-8,13H2,1-3H3,(H2,26,27,29). The molecular formula is C25H27N3O6S. The predicted molar refractivity (Wildman–Crippen MR) is 134 cm³/mol. The number of amides is 2. The number of fused-ring (bicyclic) bond motifs is 1. The van der Waals surface area contributed by atoms with Crippen molar-refractivity contribution >= 4 is 33.1 Å². The van der Waals surface area contributed by atoms with Crippen LogP contribution in [0.5, 0.6) is 17.2 Å². The Morgan fingerprint density at radius 3 is 2.14 bits per heavy atom. The quantitative estimate of drug-likeness (QED) is 0.498. The number of aryl methyl sites for hydroxylation is 1. The van der Waals surface area contributed by atoms with Crippen LogP contribution in [0.4, 0.5) is 21.9 Å². The smallest absolute Gasteiger partial charge is 0.323 e. The van der Waals surface area contributed by atoms with Gasteiger partial charge in [0.1, 0.15) is 0 Å². The van der Waals surface area contributed by atoms with E-state index in [4.69, 9.17) is 14.2 Å². The number of benzene rings is 3. The Kier molecular flexibility index (Phi) is 7.02. The molecule has 0 unspecified atom stereocenters. The molecule has 0 saturated heterocycles. The summed E-state index contributed by atoms with van der Waals surface area (Å²) in [7, 11) is 0.751. The van der Waals surface area contributed by atoms with E-state index in [0.29, 0.717) is 47.3 Å². The molecule has 10 heteroatoms. The van der Waals surface area contributed by atoms with Crippen molar-refractivity contribution in [1.82, 2.24) is 0 Å². The number of ether oxygens (including phenoxy) is 3. The third-order valence-corrected chi connectivity index (χ3v) is 7.50. The van der Waals surface area contributed by atoms with Gasteiger partial charge in [-0.05, 0) is 42.7 Å². The molecule has 0 saturated carbocycles. The summed E-state index contributed by atoms with van der Waals surface area (Å²) in [6.45, 7) is 0.366. The highest BCUT2D eigenvalue weighted by Gasteiger charge is 2.29. The van der Waals surface area contributed by atoms with E-state index in [2.05, 4.69) is 10.6 Å². The van der Waals surface area contributed by atoms with Crippen LogP contribution in [0.3, 0.4) is 0 Å². The maximum absolute atomic E-state index is 13.3. The molecule has 1 aliphatic rings. The molecule has 4 rings (SSSR count). The maximum atomic E-state index is 13.3. The van der Waals surface area contributed by atoms with Crippen molar-refractivity contribution in [3.8, 4) is 17.2 Å². The molecule has 0 aromatic heterocycles. The fourth-order valence-corrected chi connectivity index (χ4v) is 5.59. The van der Waals surface area contributed by atoms with Gasteiger partial charge in [-0.15, -0.1) is 0 Å². The number of nitrogens with zero attached hydrogens (tertiary/aromatic N) is 1. The average Bonchev–Trinajstić information content (AvgIpc) is 2.88. The number of hydrogen-bond donors (Lipinski definition) is 2. The molecule has 9 nitrogen and oxygen atoms in total. The van der Waals surface area contributed by atoms with Crippen molar-refractivity contribution in [1.29, 1.82) is 0 Å². The SMILES string of the molecule is COc1cc(NC(=O)Nc2ccc3c(c2)N(S(=O)(=O)c2ccccc2)CCC3)cc(OC)c1OC. The zero-order valence-corrected chi connectivity index (χ0v) is 20.5. The van der Waals surface area contributed by atoms with Crippen molar-refractivity contribution in [3.63, 3.8) is 0 Å². The monoisotopic (exact) mass is 497 g/mol. The number of rotatable bonds is 7. The number of anilines is 3. The van der Waals surface area contributed by atoms with Crippen LogP contribution in [0, 0.1) is 0 Å². The highest BCUT2D eigenvalue weighted by Crippen LogP contribution is 2.40. The van der Waals surface area contributed by atoms with E-state index in [1.807, 2.05) is 6.07 Å². The number of carbonyl (C=O) groups is 1. The van der Waals surface area contributed by atoms with Gasteiger partial charge < -0.3 is 24.8 Å². The Hall–Kier alpha value is -3.92. The molecule has 0 radical (unpaired) electrons. The number of methoxy groups -OCH3 is 3. The molecule has 0 fully saturated rings. The molecule has 3 aromatic carbocycles. The fourth-order valence-electron chi connectivity index (χ4n) is 4.03. The third kappa shape index (κ3) is 4.97. The second-order valence-corrected chi connectivity index (χ2v) is 9.69. The van der Waals surface area contributed by atoms with Crippen LogP contribution in [-0.4, -0.2) is 42.3 Å². The molecular weight excluding hydrogens is 470 g/mol. The average molecular weight is 498 g/mol. The van der Waals surface area contributed by atoms with E-state index in [1.54, 1.807) is 54.6 Å². The van der Waals surface area contributed by atoms with Crippen LogP contribution in [0.1, 0.15) is 12.0 Å². The normalized spacial score (nSPS) is 12.9. The summed E-state index contributed by atoms with van der Waals surface area (Å²) in [6.07, 6.45) is 1.47. The molecule has 0 spiro atoms. The van der Waals surface area contributed by atoms with Gasteiger partial charge in [0, 0.05) is 24.4 Å². The highest BCUT2D eigenvalue weighted by molar-refractivity contribution is 7.92. The van der Waals surface area contributed by atoms with Gasteiger partial charge in [-0.1, -0.05) is 24.3 Å². The lowest BCUT2D eigenvalue weighted by Crippen LogP contribution is -2.35. The predicted octanol–water partition coefficient (Wildman–Crippen LogP) is 4.50. The molecule has 184 valence electrons. The van der Waals surface area contributed by atoms with Crippen molar-refractivity contribution in [2.24, 2.45) is 0 Å². The lowest BCUT2D eigenvalue weighted by molar-refractivity contribution is 0.262. The maximum Gasteiger partial charge on any atom is 0.323 e. The van der Waals surface area contributed by atoms with Crippen LogP contribution in [0.15, 0.2) is 65.6 Å². The first-order valence-electron chi connectivity index (χ1n) is 11.0. The number of urea groups is 1. The Morgan fingerprint density at radius 1 is 0.857 bits per heavy atom. The lowest BCUT2D eigenvalue weighted by Gasteiger charge is -2.31. The lowest BCUT2D eigenvalue weighted by atomic mass is 10.0. The molecule has 0 aliphatic carbocycles. The molecule has 1 heterocycles. The highest BCUT2D eigenvalue weighted by atomic mass is 32.2. The van der Waals surface area contributed by atoms with Crippen molar-refractivity contribution in [2.75, 3.05) is 42.8 Å². The van der Waals surface area contributed by atoms with E-state index in [-0.39, 0.29) is 4.90 Å². The summed E-state index contributed by atoms with van der Waals surface area (Å²) in [5.74, 6) is 1.21. The second-order valence-electron chi connectivity index (χ2n) is 7.83. The van der Waals surface area contributed by atoms with E-state index in [1.165, 1.54) is 25.6 Å². The first-order chi connectivity index (χ1) is 16.9. The first kappa shape index (κ1) is 24.2. The van der Waals surface area contributed by atoms with Gasteiger partial charge >= 0.3 is 6.03 Å². The molecule has 35 heavy (non-hydrogen) atoms. The summed E-state index contributed by atoms with van der Waals surface area (Å²) in [5, 5.41) is 5.51. The van der Waals surface area contributed by atoms with Crippen LogP contribution < -0.4 is 29.1 Å². The van der Waals surface area contributed by atoms with E-state index in [0.717, 1.165) is 12.0 Å². The van der Waals surface area contributed by atoms with Crippen LogP contribution in [0.2, 0.25) is 0 Å². The van der Waals surface area contributed by atoms with Crippen molar-refractivity contribution in [3.05, 3.63) is 66.2 Å². The van der Waals surface area contributed by atoms with Crippen LogP contribution in [-0.2, 0) is 16.4 Å². The summed E-state index contributed by atoms with van der Waals surface area (Å²) < 4.78 is 43.9. The zero-order valence-electron chi connectivity index (χ0n) is 19.7. The molecule has 3 aromatic rings. The molecule has 2 amide bonds. The third-order valence-electron chi connectivity index (χ3n) is 5.67. The molecule has 1 aliphatic heterocycles. The number of nitrogens with one attached hydrogen (secondary N) is 2. The minimum absolute atomic E-state index is 0.228. The minimum Gasteiger partial charge on any atom is -0.493 e. The van der Waals surface area contributed by atoms with E-state index >= 15 is 0 Å². The van der Waals surface area contributed by atoms with Gasteiger partial charge in [0.25, 0.3) is 10.0 Å². The molecule has 0 atom stereocenters. The van der Waals surface area contributed by atoms with Gasteiger partial charge in [-0.2, -0.15) is 0 Å². The Labute approximate surface area is 204 Å². The van der Waals surface area contributed by atoms with Crippen molar-refractivity contribution < 1.29 is 27.4 Å². The Bertz CT molecular complexity index is 1300.